The van der Waals surface area contributed by atoms with E-state index in [-0.39, 0.29) is 10.8 Å². The molecule has 0 saturated heterocycles. The maximum absolute atomic E-state index is 10.4. The van der Waals surface area contributed by atoms with E-state index in [2.05, 4.69) is 531 Å². The number of fused-ring (bicyclic) bond motifs is 30. The van der Waals surface area contributed by atoms with Gasteiger partial charge in [-0.3, -0.25) is 0 Å². The molecule has 4 aliphatic rings. The summed E-state index contributed by atoms with van der Waals surface area (Å²) in [6.45, 7) is 0. The second-order valence-electron chi connectivity index (χ2n) is 36.4. The van der Waals surface area contributed by atoms with Crippen LogP contribution in [0.4, 0.5) is 4.32 Å². The van der Waals surface area contributed by atoms with Crippen molar-refractivity contribution in [1.82, 2.24) is 9.13 Å². The summed E-state index contributed by atoms with van der Waals surface area (Å²) < 4.78 is 15.2. The first-order chi connectivity index (χ1) is 68.5. The molecule has 0 amide bonds. The molecule has 0 fully saturated rings. The molecule has 2 nitrogen and oxygen atoms in total. The summed E-state index contributed by atoms with van der Waals surface area (Å²) in [5.74, 6) is 0. The van der Waals surface area contributed by atoms with Crippen molar-refractivity contribution in [3.63, 3.8) is 0 Å². The number of nitrogens with zero attached hydrogens (tertiary/aromatic N) is 2. The SMILES string of the molecule is F[B]B=S.c1ccc(-c2c3ccccc3c(-c3ccc(-c4ccc5c(c4)c4ccccc4n5-c4ccccc4)cc3)c3ccccc23)cc1.c1ccc(-c2c3ccccc3c(-c3ccc(-n4c5ccccc5c5ccccc54)cc3)c3ccccc23)cc1.c1ccc2c(c1)-c1ccccc1C21c2ccccc2-c2ccc(-c3ccc4c(c3)C3(c5ccccc5-c5ccccc53)c3ccccc3-4)cc21. The first kappa shape index (κ1) is 81.7. The van der Waals surface area contributed by atoms with Gasteiger partial charge < -0.3 is 9.13 Å². The van der Waals surface area contributed by atoms with Gasteiger partial charge in [0.05, 0.1) is 32.9 Å². The zero-order valence-electron chi connectivity index (χ0n) is 75.3. The summed E-state index contributed by atoms with van der Waals surface area (Å²) in [6.07, 6.45) is 0. The standard InChI is InChI=1S/C50H30.C44H29N.C38H25N.B2FS/c1-7-19-41-33(13-1)34-14-2-8-20-42(34)49(41)45-23-11-5-17-37(45)39-27-25-31(29-47(39)49)32-26-28-40-38-18-6-12-24-46(38)50(48(40)30-32)43-21-9-3-15-35(43)36-16-4-10-22-44(36)50;1-3-13-31(14-4-1)43-36-18-7-9-20-38(36)44(39-21-10-8-19-37(39)43)32-25-23-30(24-26-32)33-27-28-42-40(29-33)35-17-11-12-22-41(35)45(42)34-15-5-2-6-16-34;1-2-12-26(13-3-1)37-31-16-4-6-18-33(31)38(34-19-7-5-17-32(34)37)27-22-24-28(25-23-27)39-35-20-10-8-14-29(35)30-15-9-11-21-36(30)39;3-1-2-4/h1-30H;1-29H;1-25H;. The Kier molecular flexibility index (Phi) is 19.9. The van der Waals surface area contributed by atoms with Crippen molar-refractivity contribution in [2.75, 3.05) is 0 Å². The third-order valence-electron chi connectivity index (χ3n) is 29.6. The zero-order valence-corrected chi connectivity index (χ0v) is 76.1. The minimum Gasteiger partial charge on any atom is -0.309 e. The van der Waals surface area contributed by atoms with E-state index in [1.807, 2.05) is 0 Å². The molecule has 641 valence electrons. The molecule has 23 aromatic carbocycles. The fourth-order valence-electron chi connectivity index (χ4n) is 24.1. The maximum atomic E-state index is 10.4. The van der Waals surface area contributed by atoms with Crippen molar-refractivity contribution in [3.8, 4) is 123 Å². The fraction of sp³-hybridized carbons (Fsp3) is 0.0152. The molecule has 0 N–H and O–H groups in total. The van der Waals surface area contributed by atoms with Gasteiger partial charge in [0.1, 0.15) is 0 Å². The molecule has 138 heavy (non-hydrogen) atoms. The second kappa shape index (κ2) is 33.6. The van der Waals surface area contributed by atoms with Crippen molar-refractivity contribution in [1.29, 1.82) is 0 Å². The van der Waals surface area contributed by atoms with Crippen molar-refractivity contribution in [2.45, 2.75) is 10.8 Å². The number of para-hydroxylation sites is 4. The van der Waals surface area contributed by atoms with Crippen LogP contribution in [0.5, 0.6) is 0 Å². The number of hydrogen-bond donors (Lipinski definition) is 0. The molecule has 25 aromatic rings. The average Bonchev–Trinajstić information content (AvgIpc) is 1.51. The van der Waals surface area contributed by atoms with Gasteiger partial charge in [0.2, 0.25) is 0 Å². The monoisotopic (exact) mass is 1770 g/mol. The number of benzene rings is 23. The van der Waals surface area contributed by atoms with Crippen LogP contribution in [0, 0.1) is 0 Å². The maximum Gasteiger partial charge on any atom is 0.0725 e. The summed E-state index contributed by atoms with van der Waals surface area (Å²) >= 11 is 4.00. The summed E-state index contributed by atoms with van der Waals surface area (Å²) in [7, 11) is 0.315. The summed E-state index contributed by atoms with van der Waals surface area (Å²) in [6, 6.07) is 189. The van der Waals surface area contributed by atoms with E-state index >= 15 is 0 Å². The topological polar surface area (TPSA) is 9.86 Å². The van der Waals surface area contributed by atoms with Gasteiger partial charge >= 0.3 is 29.9 Å². The van der Waals surface area contributed by atoms with Crippen LogP contribution in [-0.2, 0) is 10.8 Å². The molecule has 0 atom stereocenters. The minimum absolute atomic E-state index is 0.315. The third-order valence-corrected chi connectivity index (χ3v) is 29.7. The Morgan fingerprint density at radius 1 is 0.167 bits per heavy atom. The Bertz CT molecular complexity index is 8730. The Balaban J connectivity index is 0.000000106. The molecule has 29 rings (SSSR count). The Morgan fingerprint density at radius 3 is 0.696 bits per heavy atom. The predicted octanol–water partition coefficient (Wildman–Crippen LogP) is 34.9. The normalized spacial score (nSPS) is 12.6. The Hall–Kier alpha value is -17.0. The van der Waals surface area contributed by atoms with Crippen molar-refractivity contribution >= 4 is 112 Å². The Labute approximate surface area is 807 Å². The molecule has 4 aliphatic carbocycles. The largest absolute Gasteiger partial charge is 0.309 e. The van der Waals surface area contributed by atoms with Crippen LogP contribution in [0.1, 0.15) is 44.5 Å². The number of halogens is 1. The molecule has 6 heteroatoms. The second-order valence-corrected chi connectivity index (χ2v) is 36.7. The van der Waals surface area contributed by atoms with Crippen LogP contribution in [0.15, 0.2) is 510 Å². The van der Waals surface area contributed by atoms with Crippen LogP contribution in [-0.4, -0.2) is 22.6 Å². The van der Waals surface area contributed by atoms with Gasteiger partial charge in [0.15, 0.2) is 0 Å². The predicted molar refractivity (Wildman–Crippen MR) is 583 cm³/mol. The van der Waals surface area contributed by atoms with E-state index in [0.29, 0.717) is 7.45 Å². The molecule has 1 radical (unpaired) electrons. The molecule has 0 bridgehead atoms. The van der Waals surface area contributed by atoms with E-state index < -0.39 is 0 Å². The number of hydrogen-bond acceptors (Lipinski definition) is 1. The van der Waals surface area contributed by atoms with Crippen LogP contribution in [0.3, 0.4) is 0 Å². The van der Waals surface area contributed by atoms with Crippen LogP contribution in [0.25, 0.3) is 209 Å². The van der Waals surface area contributed by atoms with E-state index in [4.69, 9.17) is 0 Å². The number of aromatic nitrogens is 2. The molecule has 0 saturated carbocycles. The number of rotatable bonds is 9. The first-order valence-corrected chi connectivity index (χ1v) is 47.9. The van der Waals surface area contributed by atoms with Gasteiger partial charge in [-0.1, -0.05) is 443 Å². The Morgan fingerprint density at radius 2 is 0.377 bits per heavy atom. The first-order valence-electron chi connectivity index (χ1n) is 47.5. The van der Waals surface area contributed by atoms with Crippen LogP contribution < -0.4 is 0 Å². The van der Waals surface area contributed by atoms with Crippen LogP contribution in [0.2, 0.25) is 0 Å². The van der Waals surface area contributed by atoms with Gasteiger partial charge in [0, 0.05) is 32.9 Å². The van der Waals surface area contributed by atoms with E-state index in [9.17, 15) is 4.32 Å². The van der Waals surface area contributed by atoms with E-state index in [1.54, 1.807) is 0 Å². The molecule has 2 heterocycles. The zero-order chi connectivity index (χ0) is 91.5. The average molecular weight is 1770 g/mol. The molecule has 0 unspecified atom stereocenters. The van der Waals surface area contributed by atoms with Gasteiger partial charge in [-0.2, -0.15) is 0 Å². The third kappa shape index (κ3) is 12.6. The van der Waals surface area contributed by atoms with Gasteiger partial charge in [0.25, 0.3) is 0 Å². The van der Waals surface area contributed by atoms with Gasteiger partial charge in [-0.05, 0) is 266 Å². The summed E-state index contributed by atoms with van der Waals surface area (Å²) in [5.41, 5.74) is 43.4. The molecule has 2 spiro atoms. The van der Waals surface area contributed by atoms with Crippen LogP contribution >= 0.6 is 12.1 Å². The minimum atomic E-state index is -0.355. The fourth-order valence-corrected chi connectivity index (χ4v) is 24.1. The molecule has 0 aliphatic heterocycles. The molecular formula is C132H84B2FN2S. The van der Waals surface area contributed by atoms with Crippen molar-refractivity contribution in [2.24, 2.45) is 0 Å². The summed E-state index contributed by atoms with van der Waals surface area (Å²) in [5, 5.41) is 15.3. The van der Waals surface area contributed by atoms with Crippen molar-refractivity contribution in [3.05, 3.63) is 554 Å². The summed E-state index contributed by atoms with van der Waals surface area (Å²) in [4.78, 5) is 0. The van der Waals surface area contributed by atoms with E-state index in [1.165, 1.54) is 254 Å². The smallest absolute Gasteiger partial charge is 0.0725 e. The van der Waals surface area contributed by atoms with Gasteiger partial charge in [-0.25, -0.2) is 0 Å². The molecule has 2 aromatic heterocycles. The van der Waals surface area contributed by atoms with Crippen molar-refractivity contribution < 1.29 is 4.32 Å². The molecular weight excluding hydrogens is 1690 g/mol. The quantitative estimate of drug-likeness (QED) is 0.103. The van der Waals surface area contributed by atoms with Gasteiger partial charge in [-0.15, -0.1) is 0 Å². The van der Waals surface area contributed by atoms with E-state index in [0.717, 1.165) is 6.05 Å².